The van der Waals surface area contributed by atoms with Gasteiger partial charge in [-0.3, -0.25) is 0 Å². The van der Waals surface area contributed by atoms with Crippen LogP contribution in [0, 0.1) is 0 Å². The third kappa shape index (κ3) is 8.32. The van der Waals surface area contributed by atoms with Crippen molar-refractivity contribution in [3.8, 4) is 0 Å². The van der Waals surface area contributed by atoms with Crippen molar-refractivity contribution in [3.63, 3.8) is 0 Å². The zero-order chi connectivity index (χ0) is 11.9. The molecule has 2 heteroatoms. The van der Waals surface area contributed by atoms with Crippen LogP contribution in [0.3, 0.4) is 0 Å². The van der Waals surface area contributed by atoms with Crippen LogP contribution in [0.15, 0.2) is 0 Å². The first kappa shape index (κ1) is 15.5. The third-order valence-corrected chi connectivity index (χ3v) is 3.91. The first-order valence-electron chi connectivity index (χ1n) is 6.39. The summed E-state index contributed by atoms with van der Waals surface area (Å²) in [5.74, 6) is 0. The van der Waals surface area contributed by atoms with E-state index in [2.05, 4.69) is 41.5 Å². The summed E-state index contributed by atoms with van der Waals surface area (Å²) in [4.78, 5) is 0. The molecule has 0 bridgehead atoms. The van der Waals surface area contributed by atoms with E-state index in [0.29, 0.717) is 0 Å². The number of hydrogen-bond donors (Lipinski definition) is 0. The molecule has 1 aliphatic rings. The van der Waals surface area contributed by atoms with Gasteiger partial charge in [-0.25, -0.2) is 0 Å². The van der Waals surface area contributed by atoms with E-state index in [1.165, 1.54) is 29.8 Å². The molecule has 0 aromatic rings. The van der Waals surface area contributed by atoms with Gasteiger partial charge in [-0.2, -0.15) is 0 Å². The van der Waals surface area contributed by atoms with Gasteiger partial charge in [0.15, 0.2) is 0 Å². The van der Waals surface area contributed by atoms with Gasteiger partial charge in [0, 0.05) is 0 Å². The minimum absolute atomic E-state index is 0.238. The Hall–Kier alpha value is 0.492. The van der Waals surface area contributed by atoms with E-state index in [0.717, 1.165) is 15.2 Å². The second kappa shape index (κ2) is 6.94. The molecule has 0 unspecified atom stereocenters. The van der Waals surface area contributed by atoms with Gasteiger partial charge < -0.3 is 5.32 Å². The van der Waals surface area contributed by atoms with E-state index < -0.39 is 0 Å². The Morgan fingerprint density at radius 1 is 0.933 bits per heavy atom. The SMILES string of the molecule is CC1(C)CCCC(C)(C)[N-]1.C[CH2][Al+][CH2]C. The Morgan fingerprint density at radius 2 is 1.33 bits per heavy atom. The topological polar surface area (TPSA) is 14.1 Å². The summed E-state index contributed by atoms with van der Waals surface area (Å²) in [7, 11) is 0. The maximum absolute atomic E-state index is 4.75. The Balaban J connectivity index is 0.000000336. The van der Waals surface area contributed by atoms with Crippen molar-refractivity contribution in [1.29, 1.82) is 0 Å². The molecule has 1 nitrogen and oxygen atoms in total. The van der Waals surface area contributed by atoms with Crippen molar-refractivity contribution < 1.29 is 0 Å². The Bertz CT molecular complexity index is 148. The summed E-state index contributed by atoms with van der Waals surface area (Å²) in [6, 6.07) is 0. The summed E-state index contributed by atoms with van der Waals surface area (Å²) in [5.41, 5.74) is 0.476. The molecule has 0 aromatic carbocycles. The molecule has 0 atom stereocenters. The van der Waals surface area contributed by atoms with E-state index >= 15 is 0 Å². The van der Waals surface area contributed by atoms with Crippen molar-refractivity contribution in [2.45, 2.75) is 82.4 Å². The van der Waals surface area contributed by atoms with Crippen LogP contribution in [0.1, 0.15) is 60.8 Å². The van der Waals surface area contributed by atoms with Gasteiger partial charge in [-0.15, -0.1) is 11.1 Å². The molecular formula is C13H28AlN. The minimum atomic E-state index is 0.238. The summed E-state index contributed by atoms with van der Waals surface area (Å²) < 4.78 is 0. The Labute approximate surface area is 103 Å². The van der Waals surface area contributed by atoms with Crippen LogP contribution in [-0.2, 0) is 0 Å². The van der Waals surface area contributed by atoms with Gasteiger partial charge in [0.2, 0.25) is 0 Å². The van der Waals surface area contributed by atoms with E-state index in [1.807, 2.05) is 0 Å². The van der Waals surface area contributed by atoms with Crippen LogP contribution in [0.2, 0.25) is 10.6 Å². The summed E-state index contributed by atoms with van der Waals surface area (Å²) in [6.45, 7) is 13.4. The second-order valence-electron chi connectivity index (χ2n) is 5.70. The molecule has 1 rings (SSSR count). The third-order valence-electron chi connectivity index (χ3n) is 2.76. The molecule has 0 N–H and O–H groups in total. The second-order valence-corrected chi connectivity index (χ2v) is 7.91. The Kier molecular flexibility index (Phi) is 7.17. The molecule has 1 aliphatic heterocycles. The molecule has 1 heterocycles. The van der Waals surface area contributed by atoms with Gasteiger partial charge in [-0.1, -0.05) is 47.0 Å². The van der Waals surface area contributed by atoms with E-state index in [4.69, 9.17) is 5.32 Å². The number of rotatable bonds is 2. The molecule has 1 fully saturated rings. The average Bonchev–Trinajstić information content (AvgIpc) is 2.01. The van der Waals surface area contributed by atoms with Crippen molar-refractivity contribution in [2.24, 2.45) is 0 Å². The average molecular weight is 225 g/mol. The monoisotopic (exact) mass is 225 g/mol. The molecule has 0 amide bonds. The fraction of sp³-hybridized carbons (Fsp3) is 1.00. The first-order chi connectivity index (χ1) is 6.83. The quantitative estimate of drug-likeness (QED) is 0.606. The fourth-order valence-electron chi connectivity index (χ4n) is 2.17. The summed E-state index contributed by atoms with van der Waals surface area (Å²) in [5, 5.41) is 7.60. The van der Waals surface area contributed by atoms with Crippen LogP contribution in [0.5, 0.6) is 0 Å². The molecule has 0 aliphatic carbocycles. The summed E-state index contributed by atoms with van der Waals surface area (Å²) >= 11 is 0.815. The molecular weight excluding hydrogens is 197 g/mol. The van der Waals surface area contributed by atoms with E-state index in [1.54, 1.807) is 0 Å². The Morgan fingerprint density at radius 3 is 1.47 bits per heavy atom. The molecule has 0 saturated carbocycles. The molecule has 0 radical (unpaired) electrons. The van der Waals surface area contributed by atoms with Crippen LogP contribution in [0.4, 0.5) is 0 Å². The zero-order valence-corrected chi connectivity index (χ0v) is 12.7. The molecule has 0 spiro atoms. The zero-order valence-electron chi connectivity index (χ0n) is 11.6. The van der Waals surface area contributed by atoms with Gasteiger partial charge in [0.05, 0.1) is 0 Å². The predicted octanol–water partition coefficient (Wildman–Crippen LogP) is 4.67. The van der Waals surface area contributed by atoms with E-state index in [9.17, 15) is 0 Å². The molecule has 1 saturated heterocycles. The van der Waals surface area contributed by atoms with Gasteiger partial charge in [-0.05, 0) is 0 Å². The fourth-order valence-corrected chi connectivity index (χ4v) is 2.75. The standard InChI is InChI=1S/C9H18N.2C2H5.Al/c1-8(2)6-5-7-9(3,4)10-8;2*1-2;/h5-7H2,1-4H3;2*1H2,2H3;/q-1;;;+1. The van der Waals surface area contributed by atoms with Crippen LogP contribution < -0.4 is 0 Å². The van der Waals surface area contributed by atoms with Crippen molar-refractivity contribution >= 4 is 15.2 Å². The molecule has 15 heavy (non-hydrogen) atoms. The maximum atomic E-state index is 4.75. The number of piperidine rings is 1. The van der Waals surface area contributed by atoms with Crippen molar-refractivity contribution in [3.05, 3.63) is 5.32 Å². The summed E-state index contributed by atoms with van der Waals surface area (Å²) in [6.07, 6.45) is 3.86. The predicted molar refractivity (Wildman–Crippen MR) is 72.1 cm³/mol. The number of nitrogens with zero attached hydrogens (tertiary/aromatic N) is 1. The van der Waals surface area contributed by atoms with Gasteiger partial charge >= 0.3 is 39.6 Å². The van der Waals surface area contributed by atoms with Crippen LogP contribution in [0.25, 0.3) is 5.32 Å². The van der Waals surface area contributed by atoms with E-state index in [-0.39, 0.29) is 11.1 Å². The van der Waals surface area contributed by atoms with Gasteiger partial charge in [0.1, 0.15) is 0 Å². The van der Waals surface area contributed by atoms with Gasteiger partial charge in [0.25, 0.3) is 0 Å². The molecule has 0 aromatic heterocycles. The van der Waals surface area contributed by atoms with Crippen LogP contribution in [-0.4, -0.2) is 26.3 Å². The van der Waals surface area contributed by atoms with Crippen molar-refractivity contribution in [2.75, 3.05) is 0 Å². The van der Waals surface area contributed by atoms with Crippen LogP contribution >= 0.6 is 0 Å². The normalized spacial score (nSPS) is 22.3. The molecule has 88 valence electrons. The van der Waals surface area contributed by atoms with Crippen molar-refractivity contribution in [1.82, 2.24) is 0 Å². The first-order valence-corrected chi connectivity index (χ1v) is 8.02. The number of hydrogen-bond acceptors (Lipinski definition) is 0.